The normalized spacial score (nSPS) is 19.2. The van der Waals surface area contributed by atoms with Crippen LogP contribution >= 0.6 is 12.4 Å². The lowest BCUT2D eigenvalue weighted by molar-refractivity contribution is 0.171. The van der Waals surface area contributed by atoms with Gasteiger partial charge >= 0.3 is 0 Å². The highest BCUT2D eigenvalue weighted by atomic mass is 35.5. The summed E-state index contributed by atoms with van der Waals surface area (Å²) in [6.45, 7) is 6.08. The Labute approximate surface area is 170 Å². The number of likely N-dealkylation sites (tertiary alicyclic amines) is 1. The first kappa shape index (κ1) is 19.3. The van der Waals surface area contributed by atoms with E-state index in [0.29, 0.717) is 11.7 Å². The van der Waals surface area contributed by atoms with Crippen molar-refractivity contribution in [1.29, 1.82) is 0 Å². The SMILES string of the molecule is COc1cc(CN2CCC(c3nnc4n3CCNC4)CC2)cc2c1OCO2.Cl. The number of benzene rings is 1. The molecule has 1 aromatic carbocycles. The van der Waals surface area contributed by atoms with Crippen LogP contribution in [0.3, 0.4) is 0 Å². The Hall–Kier alpha value is -2.03. The second-order valence-electron chi connectivity index (χ2n) is 7.39. The van der Waals surface area contributed by atoms with Crippen LogP contribution in [0, 0.1) is 0 Å². The molecule has 1 N–H and O–H groups in total. The quantitative estimate of drug-likeness (QED) is 0.829. The Morgan fingerprint density at radius 1 is 1.18 bits per heavy atom. The maximum Gasteiger partial charge on any atom is 0.231 e. The number of nitrogens with one attached hydrogen (secondary N) is 1. The zero-order valence-electron chi connectivity index (χ0n) is 16.0. The van der Waals surface area contributed by atoms with Crippen molar-refractivity contribution in [3.8, 4) is 17.2 Å². The van der Waals surface area contributed by atoms with E-state index >= 15 is 0 Å². The topological polar surface area (TPSA) is 73.7 Å². The average Bonchev–Trinajstić information content (AvgIpc) is 3.35. The molecule has 0 atom stereocenters. The Bertz CT molecular complexity index is 835. The molecule has 1 fully saturated rings. The smallest absolute Gasteiger partial charge is 0.231 e. The number of hydrogen-bond acceptors (Lipinski definition) is 7. The summed E-state index contributed by atoms with van der Waals surface area (Å²) in [7, 11) is 1.67. The number of halogens is 1. The van der Waals surface area contributed by atoms with Crippen LogP contribution in [-0.4, -0.2) is 53.2 Å². The van der Waals surface area contributed by atoms with Crippen molar-refractivity contribution in [3.63, 3.8) is 0 Å². The van der Waals surface area contributed by atoms with Gasteiger partial charge in [-0.2, -0.15) is 0 Å². The molecule has 0 saturated carbocycles. The van der Waals surface area contributed by atoms with Gasteiger partial charge in [-0.25, -0.2) is 0 Å². The molecule has 0 aliphatic carbocycles. The van der Waals surface area contributed by atoms with Crippen LogP contribution in [-0.2, 0) is 19.6 Å². The van der Waals surface area contributed by atoms with Gasteiger partial charge in [0.1, 0.15) is 11.6 Å². The van der Waals surface area contributed by atoms with Crippen LogP contribution in [0.1, 0.15) is 36.0 Å². The summed E-state index contributed by atoms with van der Waals surface area (Å²) in [4.78, 5) is 2.49. The fourth-order valence-corrected chi connectivity index (χ4v) is 4.30. The molecule has 5 rings (SSSR count). The number of fused-ring (bicyclic) bond motifs is 2. The van der Waals surface area contributed by atoms with E-state index in [4.69, 9.17) is 14.2 Å². The Morgan fingerprint density at radius 2 is 2.04 bits per heavy atom. The van der Waals surface area contributed by atoms with Crippen molar-refractivity contribution in [2.45, 2.75) is 38.4 Å². The lowest BCUT2D eigenvalue weighted by Crippen LogP contribution is -2.34. The van der Waals surface area contributed by atoms with Crippen molar-refractivity contribution in [2.24, 2.45) is 0 Å². The standard InChI is InChI=1S/C19H25N5O3.ClH/c1-25-15-8-13(9-16-18(15)27-12-26-16)11-23-5-2-14(3-6-23)19-22-21-17-10-20-4-7-24(17)19;/h8-9,14,20H,2-7,10-12H2,1H3;1H. The molecule has 152 valence electrons. The van der Waals surface area contributed by atoms with Gasteiger partial charge < -0.3 is 24.1 Å². The summed E-state index contributed by atoms with van der Waals surface area (Å²) < 4.78 is 18.8. The van der Waals surface area contributed by atoms with E-state index in [0.717, 1.165) is 69.4 Å². The largest absolute Gasteiger partial charge is 0.493 e. The lowest BCUT2D eigenvalue weighted by Gasteiger charge is -2.32. The molecule has 8 nitrogen and oxygen atoms in total. The summed E-state index contributed by atoms with van der Waals surface area (Å²) in [5.74, 6) is 5.00. The predicted molar refractivity (Wildman–Crippen MR) is 105 cm³/mol. The molecule has 3 aliphatic rings. The number of ether oxygens (including phenoxy) is 3. The molecule has 0 bridgehead atoms. The van der Waals surface area contributed by atoms with Crippen molar-refractivity contribution >= 4 is 12.4 Å². The van der Waals surface area contributed by atoms with Gasteiger partial charge in [-0.15, -0.1) is 22.6 Å². The van der Waals surface area contributed by atoms with Gasteiger partial charge in [-0.1, -0.05) is 0 Å². The third-order valence-electron chi connectivity index (χ3n) is 5.73. The lowest BCUT2D eigenvalue weighted by atomic mass is 9.95. The minimum atomic E-state index is 0. The average molecular weight is 408 g/mol. The molecule has 1 saturated heterocycles. The summed E-state index contributed by atoms with van der Waals surface area (Å²) in [6, 6.07) is 4.13. The van der Waals surface area contributed by atoms with Gasteiger partial charge in [0.25, 0.3) is 0 Å². The number of piperidine rings is 1. The van der Waals surface area contributed by atoms with E-state index in [-0.39, 0.29) is 19.2 Å². The Morgan fingerprint density at radius 3 is 2.86 bits per heavy atom. The second-order valence-corrected chi connectivity index (χ2v) is 7.39. The van der Waals surface area contributed by atoms with Gasteiger partial charge in [0, 0.05) is 25.6 Å². The second kappa shape index (κ2) is 8.14. The highest BCUT2D eigenvalue weighted by Crippen LogP contribution is 2.42. The summed E-state index contributed by atoms with van der Waals surface area (Å²) in [5, 5.41) is 12.2. The molecule has 1 aromatic heterocycles. The van der Waals surface area contributed by atoms with Crippen LogP contribution in [0.2, 0.25) is 0 Å². The fraction of sp³-hybridized carbons (Fsp3) is 0.579. The maximum atomic E-state index is 5.55. The fourth-order valence-electron chi connectivity index (χ4n) is 4.30. The first-order valence-electron chi connectivity index (χ1n) is 9.63. The van der Waals surface area contributed by atoms with Crippen LogP contribution < -0.4 is 19.5 Å². The minimum absolute atomic E-state index is 0. The minimum Gasteiger partial charge on any atom is -0.493 e. The van der Waals surface area contributed by atoms with E-state index in [1.54, 1.807) is 7.11 Å². The summed E-state index contributed by atoms with van der Waals surface area (Å²) in [5.41, 5.74) is 1.19. The highest BCUT2D eigenvalue weighted by Gasteiger charge is 2.27. The van der Waals surface area contributed by atoms with Crippen LogP contribution in [0.5, 0.6) is 17.2 Å². The summed E-state index contributed by atoms with van der Waals surface area (Å²) in [6.07, 6.45) is 2.24. The zero-order valence-corrected chi connectivity index (χ0v) is 16.8. The third kappa shape index (κ3) is 3.52. The molecule has 2 aromatic rings. The summed E-state index contributed by atoms with van der Waals surface area (Å²) >= 11 is 0. The first-order chi connectivity index (χ1) is 13.3. The molecule has 0 unspecified atom stereocenters. The van der Waals surface area contributed by atoms with E-state index in [1.165, 1.54) is 11.4 Å². The van der Waals surface area contributed by atoms with Gasteiger partial charge in [-0.05, 0) is 43.6 Å². The third-order valence-corrected chi connectivity index (χ3v) is 5.73. The van der Waals surface area contributed by atoms with E-state index < -0.39 is 0 Å². The first-order valence-corrected chi connectivity index (χ1v) is 9.63. The number of methoxy groups -OCH3 is 1. The molecule has 28 heavy (non-hydrogen) atoms. The van der Waals surface area contributed by atoms with Gasteiger partial charge in [-0.3, -0.25) is 4.90 Å². The van der Waals surface area contributed by atoms with E-state index in [9.17, 15) is 0 Å². The number of rotatable bonds is 4. The number of nitrogens with zero attached hydrogens (tertiary/aromatic N) is 4. The van der Waals surface area contributed by atoms with Crippen molar-refractivity contribution in [1.82, 2.24) is 25.0 Å². The van der Waals surface area contributed by atoms with Crippen molar-refractivity contribution < 1.29 is 14.2 Å². The van der Waals surface area contributed by atoms with Crippen LogP contribution in [0.25, 0.3) is 0 Å². The molecule has 9 heteroatoms. The number of aromatic nitrogens is 3. The van der Waals surface area contributed by atoms with Crippen molar-refractivity contribution in [3.05, 3.63) is 29.3 Å². The van der Waals surface area contributed by atoms with Gasteiger partial charge in [0.2, 0.25) is 12.5 Å². The molecule has 0 amide bonds. The van der Waals surface area contributed by atoms with Crippen molar-refractivity contribution in [2.75, 3.05) is 33.5 Å². The molecular weight excluding hydrogens is 382 g/mol. The van der Waals surface area contributed by atoms with Crippen LogP contribution in [0.4, 0.5) is 0 Å². The molecule has 4 heterocycles. The monoisotopic (exact) mass is 407 g/mol. The number of hydrogen-bond donors (Lipinski definition) is 1. The molecule has 0 radical (unpaired) electrons. The molecular formula is C19H26ClN5O3. The zero-order chi connectivity index (χ0) is 18.2. The van der Waals surface area contributed by atoms with Gasteiger partial charge in [0.05, 0.1) is 13.7 Å². The maximum absolute atomic E-state index is 5.55. The predicted octanol–water partition coefficient (Wildman–Crippen LogP) is 1.92. The van der Waals surface area contributed by atoms with E-state index in [1.807, 2.05) is 0 Å². The van der Waals surface area contributed by atoms with Gasteiger partial charge in [0.15, 0.2) is 11.5 Å². The molecule has 0 spiro atoms. The Kier molecular flexibility index (Phi) is 5.61. The Balaban J connectivity index is 0.00000192. The molecule has 3 aliphatic heterocycles. The van der Waals surface area contributed by atoms with E-state index in [2.05, 4.69) is 37.1 Å². The highest BCUT2D eigenvalue weighted by molar-refractivity contribution is 5.85. The van der Waals surface area contributed by atoms with Crippen LogP contribution in [0.15, 0.2) is 12.1 Å².